The fourth-order valence-corrected chi connectivity index (χ4v) is 12.1. The van der Waals surface area contributed by atoms with Crippen LogP contribution >= 0.6 is 11.3 Å². The first-order valence-electron chi connectivity index (χ1n) is 21.2. The zero-order chi connectivity index (χ0) is 40.0. The Bertz CT molecular complexity index is 3230. The van der Waals surface area contributed by atoms with Gasteiger partial charge < -0.3 is 4.90 Å². The molecule has 0 saturated heterocycles. The molecule has 1 nitrogen and oxygen atoms in total. The van der Waals surface area contributed by atoms with E-state index in [4.69, 9.17) is 0 Å². The normalized spacial score (nSPS) is 16.9. The Morgan fingerprint density at radius 2 is 1.12 bits per heavy atom. The van der Waals surface area contributed by atoms with E-state index in [1.165, 1.54) is 86.9 Å². The lowest BCUT2D eigenvalue weighted by Gasteiger charge is -2.37. The van der Waals surface area contributed by atoms with Gasteiger partial charge in [-0.25, -0.2) is 0 Å². The predicted molar refractivity (Wildman–Crippen MR) is 255 cm³/mol. The zero-order valence-electron chi connectivity index (χ0n) is 33.8. The summed E-state index contributed by atoms with van der Waals surface area (Å²) >= 11 is 1.89. The number of rotatable bonds is 6. The molecule has 1 aromatic heterocycles. The standard InChI is InChI=1S/C58H43NS/c1-57(2)51-25-12-9-20-45(51)47-34-32-43(37-54(47)57)59(41-30-28-38(29-31-41)44-23-15-24-49-48-22-11-14-27-55(48)60-56(44)49)42-33-35-53-50(36-42)46-21-10-13-26-52(46)58(53,39-16-5-3-6-17-39)40-18-7-4-8-19-40/h3-7,9-18,20-37H,8,19H2,1-2H3. The minimum absolute atomic E-state index is 0.116. The molecule has 0 saturated carbocycles. The number of hydrogen-bond donors (Lipinski definition) is 0. The fraction of sp³-hybridized carbons (Fsp3) is 0.103. The van der Waals surface area contributed by atoms with Crippen LogP contribution in [0.5, 0.6) is 0 Å². The predicted octanol–water partition coefficient (Wildman–Crippen LogP) is 16.1. The highest BCUT2D eigenvalue weighted by Gasteiger charge is 2.47. The molecule has 0 bridgehead atoms. The van der Waals surface area contributed by atoms with Crippen molar-refractivity contribution in [2.75, 3.05) is 4.90 Å². The molecular weight excluding hydrogens is 743 g/mol. The number of fused-ring (bicyclic) bond motifs is 9. The van der Waals surface area contributed by atoms with Crippen molar-refractivity contribution in [1.29, 1.82) is 0 Å². The molecule has 0 amide bonds. The number of anilines is 3. The molecule has 1 atom stereocenters. The minimum Gasteiger partial charge on any atom is -0.310 e. The highest BCUT2D eigenvalue weighted by molar-refractivity contribution is 7.26. The second kappa shape index (κ2) is 13.4. The molecule has 0 N–H and O–H groups in total. The molecule has 3 aliphatic rings. The summed E-state index contributed by atoms with van der Waals surface area (Å²) in [4.78, 5) is 2.48. The van der Waals surface area contributed by atoms with E-state index in [2.05, 4.69) is 219 Å². The number of hydrogen-bond acceptors (Lipinski definition) is 2. The van der Waals surface area contributed by atoms with E-state index in [1.807, 2.05) is 11.3 Å². The lowest BCUT2D eigenvalue weighted by Crippen LogP contribution is -2.30. The first kappa shape index (κ1) is 35.2. The van der Waals surface area contributed by atoms with E-state index in [9.17, 15) is 0 Å². The Balaban J connectivity index is 1.05. The van der Waals surface area contributed by atoms with E-state index in [1.54, 1.807) is 0 Å². The van der Waals surface area contributed by atoms with Gasteiger partial charge in [-0.1, -0.05) is 177 Å². The van der Waals surface area contributed by atoms with Crippen LogP contribution in [-0.2, 0) is 10.8 Å². The van der Waals surface area contributed by atoms with Crippen molar-refractivity contribution in [3.8, 4) is 33.4 Å². The van der Waals surface area contributed by atoms with Crippen molar-refractivity contribution in [2.45, 2.75) is 37.5 Å². The molecule has 0 spiro atoms. The Labute approximate surface area is 356 Å². The van der Waals surface area contributed by atoms with Crippen LogP contribution in [0.3, 0.4) is 0 Å². The molecule has 2 heteroatoms. The largest absolute Gasteiger partial charge is 0.310 e. The van der Waals surface area contributed by atoms with Gasteiger partial charge in [0.2, 0.25) is 0 Å². The maximum Gasteiger partial charge on any atom is 0.0676 e. The van der Waals surface area contributed by atoms with Gasteiger partial charge in [0, 0.05) is 42.6 Å². The second-order valence-electron chi connectivity index (χ2n) is 17.1. The van der Waals surface area contributed by atoms with Crippen LogP contribution in [0.25, 0.3) is 53.6 Å². The summed E-state index contributed by atoms with van der Waals surface area (Å²) in [5, 5.41) is 2.65. The van der Waals surface area contributed by atoms with Crippen molar-refractivity contribution in [1.82, 2.24) is 0 Å². The van der Waals surface area contributed by atoms with Crippen LogP contribution in [0, 0.1) is 0 Å². The van der Waals surface area contributed by atoms with Crippen molar-refractivity contribution in [2.24, 2.45) is 0 Å². The fourth-order valence-electron chi connectivity index (χ4n) is 10.9. The van der Waals surface area contributed by atoms with Crippen molar-refractivity contribution in [3.05, 3.63) is 234 Å². The minimum atomic E-state index is -0.361. The first-order chi connectivity index (χ1) is 29.5. The van der Waals surface area contributed by atoms with Crippen molar-refractivity contribution < 1.29 is 0 Å². The van der Waals surface area contributed by atoms with Gasteiger partial charge in [-0.3, -0.25) is 0 Å². The number of benzene rings is 8. The van der Waals surface area contributed by atoms with Crippen molar-refractivity contribution >= 4 is 48.6 Å². The van der Waals surface area contributed by atoms with Gasteiger partial charge in [-0.2, -0.15) is 0 Å². The molecule has 286 valence electrons. The molecule has 0 fully saturated rings. The van der Waals surface area contributed by atoms with Gasteiger partial charge in [-0.05, 0) is 117 Å². The summed E-state index contributed by atoms with van der Waals surface area (Å²) in [5.74, 6) is 0. The van der Waals surface area contributed by atoms with E-state index < -0.39 is 0 Å². The molecule has 8 aromatic carbocycles. The maximum absolute atomic E-state index is 2.48. The average molecular weight is 786 g/mol. The van der Waals surface area contributed by atoms with Crippen LogP contribution in [0.4, 0.5) is 17.1 Å². The van der Waals surface area contributed by atoms with Crippen LogP contribution in [0.1, 0.15) is 54.5 Å². The topological polar surface area (TPSA) is 3.24 Å². The molecule has 60 heavy (non-hydrogen) atoms. The third kappa shape index (κ3) is 5.04. The molecule has 1 unspecified atom stereocenters. The summed E-state index contributed by atoms with van der Waals surface area (Å²) in [6.45, 7) is 4.75. The van der Waals surface area contributed by atoms with Crippen molar-refractivity contribution in [3.63, 3.8) is 0 Å². The quantitative estimate of drug-likeness (QED) is 0.162. The number of thiophene rings is 1. The molecule has 1 heterocycles. The van der Waals surface area contributed by atoms with Gasteiger partial charge in [0.05, 0.1) is 5.41 Å². The summed E-state index contributed by atoms with van der Waals surface area (Å²) < 4.78 is 2.67. The van der Waals surface area contributed by atoms with Gasteiger partial charge in [-0.15, -0.1) is 11.3 Å². The van der Waals surface area contributed by atoms with Crippen LogP contribution in [0.2, 0.25) is 0 Å². The Morgan fingerprint density at radius 3 is 1.93 bits per heavy atom. The Hall–Kier alpha value is -6.74. The molecular formula is C58H43NS. The SMILES string of the molecule is CC1(C)c2ccccc2-c2ccc(N(c3ccc(-c4cccc5c4sc4ccccc45)cc3)c3ccc4c(c3)-c3ccccc3C4(C3=CC=CCC3)c3ccccc3)cc21. The average Bonchev–Trinajstić information content (AvgIpc) is 3.91. The lowest BCUT2D eigenvalue weighted by atomic mass is 9.65. The summed E-state index contributed by atoms with van der Waals surface area (Å²) in [6, 6.07) is 68.5. The Kier molecular flexibility index (Phi) is 7.86. The lowest BCUT2D eigenvalue weighted by molar-refractivity contribution is 0.660. The highest BCUT2D eigenvalue weighted by atomic mass is 32.1. The van der Waals surface area contributed by atoms with Crippen LogP contribution in [0.15, 0.2) is 206 Å². The second-order valence-corrected chi connectivity index (χ2v) is 18.2. The van der Waals surface area contributed by atoms with Gasteiger partial charge in [0.25, 0.3) is 0 Å². The third-order valence-electron chi connectivity index (χ3n) is 13.7. The smallest absolute Gasteiger partial charge is 0.0676 e. The summed E-state index contributed by atoms with van der Waals surface area (Å²) in [6.07, 6.45) is 9.03. The monoisotopic (exact) mass is 785 g/mol. The van der Waals surface area contributed by atoms with Crippen LogP contribution in [-0.4, -0.2) is 0 Å². The zero-order valence-corrected chi connectivity index (χ0v) is 34.6. The van der Waals surface area contributed by atoms with E-state index in [0.717, 1.165) is 29.9 Å². The van der Waals surface area contributed by atoms with E-state index in [0.29, 0.717) is 0 Å². The van der Waals surface area contributed by atoms with Gasteiger partial charge >= 0.3 is 0 Å². The van der Waals surface area contributed by atoms with E-state index >= 15 is 0 Å². The van der Waals surface area contributed by atoms with Gasteiger partial charge in [0.1, 0.15) is 0 Å². The number of nitrogens with zero attached hydrogens (tertiary/aromatic N) is 1. The molecule has 0 radical (unpaired) electrons. The molecule has 3 aliphatic carbocycles. The summed E-state index contributed by atoms with van der Waals surface area (Å²) in [5.41, 5.74) is 19.0. The molecule has 12 rings (SSSR count). The maximum atomic E-state index is 2.48. The van der Waals surface area contributed by atoms with E-state index in [-0.39, 0.29) is 10.8 Å². The third-order valence-corrected chi connectivity index (χ3v) is 14.9. The Morgan fingerprint density at radius 1 is 0.483 bits per heavy atom. The van der Waals surface area contributed by atoms with Gasteiger partial charge in [0.15, 0.2) is 0 Å². The first-order valence-corrected chi connectivity index (χ1v) is 22.0. The molecule has 9 aromatic rings. The highest BCUT2D eigenvalue weighted by Crippen LogP contribution is 2.59. The molecule has 0 aliphatic heterocycles. The van der Waals surface area contributed by atoms with Crippen LogP contribution < -0.4 is 4.90 Å². The summed E-state index contributed by atoms with van der Waals surface area (Å²) in [7, 11) is 0. The number of allylic oxidation sites excluding steroid dienone is 4.